The molecule has 1 heterocycles. The predicted molar refractivity (Wildman–Crippen MR) is 38.7 cm³/mol. The molecule has 0 unspecified atom stereocenters. The van der Waals surface area contributed by atoms with Gasteiger partial charge in [0.25, 0.3) is 0 Å². The van der Waals surface area contributed by atoms with Gasteiger partial charge in [0.15, 0.2) is 5.69 Å². The number of aromatic carboxylic acids is 1. The van der Waals surface area contributed by atoms with Crippen molar-refractivity contribution in [3.05, 3.63) is 22.7 Å². The average Bonchev–Trinajstić information content (AvgIpc) is 1.94. The maximum atomic E-state index is 10.4. The Labute approximate surface area is 67.9 Å². The van der Waals surface area contributed by atoms with Gasteiger partial charge in [-0.15, -0.1) is 0 Å². The molecule has 0 saturated carbocycles. The highest BCUT2D eigenvalue weighted by Crippen LogP contribution is 2.15. The van der Waals surface area contributed by atoms with Gasteiger partial charge in [-0.05, 0) is 6.92 Å². The number of hydrogen-bond acceptors (Lipinski definition) is 3. The smallest absolute Gasteiger partial charge is 0.356 e. The highest BCUT2D eigenvalue weighted by Gasteiger charge is 2.11. The van der Waals surface area contributed by atoms with Crippen molar-refractivity contribution in [1.29, 1.82) is 0 Å². The van der Waals surface area contributed by atoms with Crippen LogP contribution >= 0.6 is 11.6 Å². The molecule has 1 aromatic heterocycles. The largest absolute Gasteiger partial charge is 0.476 e. The van der Waals surface area contributed by atoms with Gasteiger partial charge in [-0.2, -0.15) is 0 Å². The van der Waals surface area contributed by atoms with Crippen LogP contribution in [0.1, 0.15) is 16.2 Å². The monoisotopic (exact) mass is 172 g/mol. The zero-order valence-electron chi connectivity index (χ0n) is 5.71. The normalized spacial score (nSPS) is 9.64. The Bertz CT molecular complexity index is 301. The molecule has 58 valence electrons. The van der Waals surface area contributed by atoms with Crippen LogP contribution in [0, 0.1) is 6.92 Å². The number of carboxylic acids is 1. The van der Waals surface area contributed by atoms with Crippen molar-refractivity contribution in [3.63, 3.8) is 0 Å². The Morgan fingerprint density at radius 2 is 2.27 bits per heavy atom. The van der Waals surface area contributed by atoms with Crippen molar-refractivity contribution in [3.8, 4) is 0 Å². The first-order chi connectivity index (χ1) is 5.13. The second-order valence-corrected chi connectivity index (χ2v) is 2.30. The van der Waals surface area contributed by atoms with Gasteiger partial charge in [0.2, 0.25) is 0 Å². The lowest BCUT2D eigenvalue weighted by Gasteiger charge is -1.97. The van der Waals surface area contributed by atoms with Crippen LogP contribution in [-0.4, -0.2) is 21.0 Å². The van der Waals surface area contributed by atoms with Crippen molar-refractivity contribution in [2.75, 3.05) is 0 Å². The number of aromatic nitrogens is 2. The maximum Gasteiger partial charge on any atom is 0.356 e. The molecule has 0 aliphatic rings. The molecule has 0 amide bonds. The molecule has 0 spiro atoms. The molecule has 0 aromatic carbocycles. The molecule has 5 heteroatoms. The van der Waals surface area contributed by atoms with Crippen LogP contribution in [0.4, 0.5) is 0 Å². The van der Waals surface area contributed by atoms with Gasteiger partial charge in [0.1, 0.15) is 6.33 Å². The average molecular weight is 173 g/mol. The van der Waals surface area contributed by atoms with Gasteiger partial charge in [-0.25, -0.2) is 14.8 Å². The summed E-state index contributed by atoms with van der Waals surface area (Å²) in [6, 6.07) is 0. The summed E-state index contributed by atoms with van der Waals surface area (Å²) in [7, 11) is 0. The molecule has 0 aliphatic heterocycles. The van der Waals surface area contributed by atoms with E-state index in [4.69, 9.17) is 16.7 Å². The van der Waals surface area contributed by atoms with E-state index in [0.717, 1.165) is 0 Å². The Balaban J connectivity index is 3.27. The quantitative estimate of drug-likeness (QED) is 0.690. The molecule has 0 radical (unpaired) electrons. The molecular formula is C6H5ClN2O2. The van der Waals surface area contributed by atoms with Crippen molar-refractivity contribution in [2.24, 2.45) is 0 Å². The standard InChI is InChI=1S/C6H5ClN2O2/c1-3-4(7)5(6(10)11)9-2-8-3/h2H,1H3,(H,10,11). The van der Waals surface area contributed by atoms with E-state index in [-0.39, 0.29) is 10.7 Å². The van der Waals surface area contributed by atoms with Crippen molar-refractivity contribution in [2.45, 2.75) is 6.92 Å². The zero-order valence-corrected chi connectivity index (χ0v) is 6.46. The number of nitrogens with zero attached hydrogens (tertiary/aromatic N) is 2. The van der Waals surface area contributed by atoms with Gasteiger partial charge >= 0.3 is 5.97 Å². The summed E-state index contributed by atoms with van der Waals surface area (Å²) in [6.45, 7) is 1.62. The number of rotatable bonds is 1. The predicted octanol–water partition coefficient (Wildman–Crippen LogP) is 1.14. The Kier molecular flexibility index (Phi) is 2.05. The van der Waals surface area contributed by atoms with E-state index >= 15 is 0 Å². The first kappa shape index (κ1) is 7.94. The van der Waals surface area contributed by atoms with Crippen LogP contribution in [0.15, 0.2) is 6.33 Å². The van der Waals surface area contributed by atoms with Gasteiger partial charge in [-0.3, -0.25) is 0 Å². The van der Waals surface area contributed by atoms with E-state index in [1.807, 2.05) is 0 Å². The molecule has 0 bridgehead atoms. The SMILES string of the molecule is Cc1ncnc(C(=O)O)c1Cl. The summed E-state index contributed by atoms with van der Waals surface area (Å²) >= 11 is 5.58. The summed E-state index contributed by atoms with van der Waals surface area (Å²) in [5.41, 5.74) is 0.318. The third-order valence-corrected chi connectivity index (χ3v) is 1.62. The minimum atomic E-state index is -1.14. The highest BCUT2D eigenvalue weighted by atomic mass is 35.5. The van der Waals surface area contributed by atoms with Crippen LogP contribution < -0.4 is 0 Å². The maximum absolute atomic E-state index is 10.4. The van der Waals surface area contributed by atoms with Gasteiger partial charge in [0.05, 0.1) is 10.7 Å². The molecule has 1 N–H and O–H groups in total. The second-order valence-electron chi connectivity index (χ2n) is 1.93. The molecule has 0 saturated heterocycles. The molecule has 1 rings (SSSR count). The van der Waals surface area contributed by atoms with Gasteiger partial charge in [-0.1, -0.05) is 11.6 Å². The number of carboxylic acid groups (broad SMARTS) is 1. The van der Waals surface area contributed by atoms with E-state index in [1.165, 1.54) is 6.33 Å². The Morgan fingerprint density at radius 1 is 1.64 bits per heavy atom. The number of halogens is 1. The minimum Gasteiger partial charge on any atom is -0.476 e. The fraction of sp³-hybridized carbons (Fsp3) is 0.167. The summed E-state index contributed by atoms with van der Waals surface area (Å²) in [5, 5.41) is 8.61. The minimum absolute atomic E-state index is 0.0972. The van der Waals surface area contributed by atoms with Crippen LogP contribution in [0.2, 0.25) is 5.02 Å². The molecule has 0 atom stereocenters. The summed E-state index contributed by atoms with van der Waals surface area (Å²) in [6.07, 6.45) is 1.17. The molecule has 0 fully saturated rings. The topological polar surface area (TPSA) is 63.1 Å². The van der Waals surface area contributed by atoms with E-state index in [2.05, 4.69) is 9.97 Å². The number of hydrogen-bond donors (Lipinski definition) is 1. The second kappa shape index (κ2) is 2.84. The fourth-order valence-electron chi connectivity index (χ4n) is 0.607. The lowest BCUT2D eigenvalue weighted by atomic mass is 10.3. The zero-order chi connectivity index (χ0) is 8.43. The summed E-state index contributed by atoms with van der Waals surface area (Å²) < 4.78 is 0. The first-order valence-electron chi connectivity index (χ1n) is 2.83. The number of aryl methyl sites for hydroxylation is 1. The molecule has 1 aromatic rings. The lowest BCUT2D eigenvalue weighted by molar-refractivity contribution is 0.0690. The highest BCUT2D eigenvalue weighted by molar-refractivity contribution is 6.33. The van der Waals surface area contributed by atoms with Crippen molar-refractivity contribution >= 4 is 17.6 Å². The molecule has 4 nitrogen and oxygen atoms in total. The molecular weight excluding hydrogens is 168 g/mol. The van der Waals surface area contributed by atoms with E-state index < -0.39 is 5.97 Å². The van der Waals surface area contributed by atoms with Gasteiger partial charge in [0, 0.05) is 0 Å². The third-order valence-electron chi connectivity index (χ3n) is 1.17. The third kappa shape index (κ3) is 1.46. The van der Waals surface area contributed by atoms with E-state index in [9.17, 15) is 4.79 Å². The molecule has 0 aliphatic carbocycles. The van der Waals surface area contributed by atoms with Crippen molar-refractivity contribution in [1.82, 2.24) is 9.97 Å². The van der Waals surface area contributed by atoms with Crippen LogP contribution in [0.5, 0.6) is 0 Å². The Hall–Kier alpha value is -1.16. The van der Waals surface area contributed by atoms with Crippen molar-refractivity contribution < 1.29 is 9.90 Å². The fourth-order valence-corrected chi connectivity index (χ4v) is 0.785. The Morgan fingerprint density at radius 3 is 2.73 bits per heavy atom. The van der Waals surface area contributed by atoms with Gasteiger partial charge < -0.3 is 5.11 Å². The molecule has 11 heavy (non-hydrogen) atoms. The lowest BCUT2D eigenvalue weighted by Crippen LogP contribution is -2.03. The van der Waals surface area contributed by atoms with E-state index in [0.29, 0.717) is 5.69 Å². The van der Waals surface area contributed by atoms with Crippen LogP contribution in [0.25, 0.3) is 0 Å². The van der Waals surface area contributed by atoms with Crippen LogP contribution in [0.3, 0.4) is 0 Å². The van der Waals surface area contributed by atoms with E-state index in [1.54, 1.807) is 6.92 Å². The first-order valence-corrected chi connectivity index (χ1v) is 3.21. The number of carbonyl (C=O) groups is 1. The summed E-state index contributed by atoms with van der Waals surface area (Å²) in [5.74, 6) is -1.14. The summed E-state index contributed by atoms with van der Waals surface area (Å²) in [4.78, 5) is 17.6. The van der Waals surface area contributed by atoms with Crippen LogP contribution in [-0.2, 0) is 0 Å².